The van der Waals surface area contributed by atoms with Crippen LogP contribution in [-0.4, -0.2) is 40.4 Å². The molecule has 0 radical (unpaired) electrons. The number of rotatable bonds is 15. The minimum absolute atomic E-state index is 0.0117. The maximum Gasteiger partial charge on any atom is 0.335 e. The maximum absolute atomic E-state index is 14.2. The SMILES string of the molecule is CC.CC.CC(=O)CCC(=O)c1cc(F)ccc1OCC1=C(F)C=C(F)CC=C1.C\C=C/C(COc1ccc(Br)cc1-c1ccc(C)n1-c1cc(Cl)cc(C(=O)O)c1)=C(F)\C=C\F. The van der Waals surface area contributed by atoms with E-state index < -0.39 is 35.1 Å². The van der Waals surface area contributed by atoms with E-state index >= 15 is 0 Å². The summed E-state index contributed by atoms with van der Waals surface area (Å²) in [7, 11) is 0. The topological polar surface area (TPSA) is 94.8 Å². The fourth-order valence-corrected chi connectivity index (χ4v) is 6.28. The Morgan fingerprint density at radius 3 is 2.25 bits per heavy atom. The van der Waals surface area contributed by atoms with E-state index in [0.29, 0.717) is 22.7 Å². The number of aromatic nitrogens is 1. The Morgan fingerprint density at radius 2 is 1.60 bits per heavy atom. The van der Waals surface area contributed by atoms with Gasteiger partial charge in [-0.25, -0.2) is 26.7 Å². The summed E-state index contributed by atoms with van der Waals surface area (Å²) in [4.78, 5) is 34.7. The van der Waals surface area contributed by atoms with Crippen LogP contribution >= 0.6 is 27.5 Å². The molecule has 4 aromatic rings. The number of carboxylic acids is 1. The number of carbonyl (C=O) groups is 3. The molecule has 1 N–H and O–H groups in total. The minimum Gasteiger partial charge on any atom is -0.488 e. The molecule has 0 saturated carbocycles. The number of carboxylic acid groups (broad SMARTS) is 1. The van der Waals surface area contributed by atoms with Gasteiger partial charge < -0.3 is 23.9 Å². The quantitative estimate of drug-likeness (QED) is 0.0725. The highest BCUT2D eigenvalue weighted by Gasteiger charge is 2.19. The molecule has 0 atom stereocenters. The van der Waals surface area contributed by atoms with E-state index in [-0.39, 0.29) is 77.6 Å². The van der Waals surface area contributed by atoms with Gasteiger partial charge in [0.1, 0.15) is 53.8 Å². The van der Waals surface area contributed by atoms with Gasteiger partial charge in [0.25, 0.3) is 0 Å². The van der Waals surface area contributed by atoms with Crippen LogP contribution in [0.5, 0.6) is 11.5 Å². The van der Waals surface area contributed by atoms with Crippen LogP contribution in [0.2, 0.25) is 5.02 Å². The number of benzene rings is 3. The highest BCUT2D eigenvalue weighted by atomic mass is 79.9. The van der Waals surface area contributed by atoms with Crippen molar-refractivity contribution in [1.82, 2.24) is 4.57 Å². The smallest absolute Gasteiger partial charge is 0.335 e. The molecule has 1 heterocycles. The molecule has 1 aliphatic carbocycles. The third-order valence-corrected chi connectivity index (χ3v) is 9.21. The first-order valence-electron chi connectivity index (χ1n) is 19.9. The van der Waals surface area contributed by atoms with E-state index in [1.807, 2.05) is 57.4 Å². The van der Waals surface area contributed by atoms with Crippen LogP contribution in [0, 0.1) is 12.7 Å². The number of nitrogens with zero attached hydrogens (tertiary/aromatic N) is 1. The summed E-state index contributed by atoms with van der Waals surface area (Å²) in [6.07, 6.45) is 7.62. The summed E-state index contributed by atoms with van der Waals surface area (Å²) in [6, 6.07) is 17.1. The second-order valence-electron chi connectivity index (χ2n) is 12.9. The molecule has 63 heavy (non-hydrogen) atoms. The van der Waals surface area contributed by atoms with E-state index in [1.54, 1.807) is 31.2 Å². The van der Waals surface area contributed by atoms with Gasteiger partial charge in [0.2, 0.25) is 0 Å². The van der Waals surface area contributed by atoms with Gasteiger partial charge in [0.15, 0.2) is 5.78 Å². The first-order valence-corrected chi connectivity index (χ1v) is 21.1. The van der Waals surface area contributed by atoms with Gasteiger partial charge in [-0.3, -0.25) is 4.79 Å². The molecule has 336 valence electrons. The largest absolute Gasteiger partial charge is 0.488 e. The van der Waals surface area contributed by atoms with Gasteiger partial charge in [0, 0.05) is 69.0 Å². The number of halogens is 7. The molecule has 3 aromatic carbocycles. The van der Waals surface area contributed by atoms with Crippen LogP contribution in [0.1, 0.15) is 87.2 Å². The van der Waals surface area contributed by atoms with Gasteiger partial charge in [-0.1, -0.05) is 79.5 Å². The molecule has 5 rings (SSSR count). The summed E-state index contributed by atoms with van der Waals surface area (Å²) >= 11 is 9.68. The van der Waals surface area contributed by atoms with Gasteiger partial charge in [0.05, 0.1) is 23.2 Å². The molecule has 0 bridgehead atoms. The standard InChI is InChI=1S/C26H21BrClF2NO3.C19H17F3O3.2C2H6/c1-3-4-17(23(30)9-10-29)15-34-25-8-6-19(27)13-22(25)24-7-5-16(2)31(24)21-12-18(26(32)33)11-20(28)14-21;1-12(23)5-7-18(24)16-9-15(21)6-8-19(16)25-11-13-3-2-4-14(20)10-17(13)22;2*1-2/h3-14H,15H2,1-2H3,(H,32,33);2-3,6,8-10H,4-5,7,11H2,1H3;2*1-2H3/b4-3-,10-9+,23-17-;;;. The van der Waals surface area contributed by atoms with Crippen molar-refractivity contribution in [3.8, 4) is 28.4 Å². The molecule has 0 fully saturated rings. The zero-order valence-electron chi connectivity index (χ0n) is 36.0. The Bertz CT molecular complexity index is 2410. The van der Waals surface area contributed by atoms with Gasteiger partial charge >= 0.3 is 5.97 Å². The van der Waals surface area contributed by atoms with Crippen molar-refractivity contribution in [2.24, 2.45) is 0 Å². The summed E-state index contributed by atoms with van der Waals surface area (Å²) in [5.74, 6) is -3.88. The number of aryl methyl sites for hydroxylation is 1. The van der Waals surface area contributed by atoms with Crippen molar-refractivity contribution in [1.29, 1.82) is 0 Å². The van der Waals surface area contributed by atoms with Crippen molar-refractivity contribution in [3.05, 3.63) is 170 Å². The second kappa shape index (κ2) is 27.3. The molecule has 1 aliphatic rings. The van der Waals surface area contributed by atoms with Crippen LogP contribution in [0.3, 0.4) is 0 Å². The van der Waals surface area contributed by atoms with Crippen molar-refractivity contribution >= 4 is 45.1 Å². The third kappa shape index (κ3) is 16.4. The Balaban J connectivity index is 0.000000418. The summed E-state index contributed by atoms with van der Waals surface area (Å²) < 4.78 is 81.2. The van der Waals surface area contributed by atoms with Crippen molar-refractivity contribution in [2.75, 3.05) is 13.2 Å². The molecule has 0 spiro atoms. The molecule has 0 unspecified atom stereocenters. The van der Waals surface area contributed by atoms with Gasteiger partial charge in [-0.15, -0.1) is 0 Å². The molecule has 7 nitrogen and oxygen atoms in total. The molecule has 0 aliphatic heterocycles. The molecular weight excluding hydrogens is 909 g/mol. The van der Waals surface area contributed by atoms with Crippen molar-refractivity contribution in [3.63, 3.8) is 0 Å². The van der Waals surface area contributed by atoms with Crippen LogP contribution in [-0.2, 0) is 4.79 Å². The number of carbonyl (C=O) groups excluding carboxylic acids is 2. The second-order valence-corrected chi connectivity index (χ2v) is 14.3. The first-order chi connectivity index (χ1) is 30.1. The monoisotopic (exact) mass is 957 g/mol. The van der Waals surface area contributed by atoms with E-state index in [1.165, 1.54) is 43.4 Å². The Kier molecular flexibility index (Phi) is 23.1. The molecule has 0 saturated heterocycles. The highest BCUT2D eigenvalue weighted by Crippen LogP contribution is 2.37. The Labute approximate surface area is 378 Å². The average Bonchev–Trinajstić information content (AvgIpc) is 3.57. The zero-order valence-corrected chi connectivity index (χ0v) is 38.4. The van der Waals surface area contributed by atoms with Crippen molar-refractivity contribution in [2.45, 2.75) is 67.7 Å². The maximum atomic E-state index is 14.2. The number of Topliss-reactive ketones (excluding diaryl/α,β-unsaturated/α-hetero) is 2. The number of aromatic carboxylic acids is 1. The predicted octanol–water partition coefficient (Wildman–Crippen LogP) is 15.1. The lowest BCUT2D eigenvalue weighted by molar-refractivity contribution is -0.117. The van der Waals surface area contributed by atoms with E-state index in [4.69, 9.17) is 21.1 Å². The summed E-state index contributed by atoms with van der Waals surface area (Å²) in [5.41, 5.74) is 3.15. The molecule has 14 heteroatoms. The lowest BCUT2D eigenvalue weighted by Crippen LogP contribution is -2.08. The first kappa shape index (κ1) is 53.3. The highest BCUT2D eigenvalue weighted by molar-refractivity contribution is 9.10. The number of hydrogen-bond donors (Lipinski definition) is 1. The number of ketones is 2. The fraction of sp³-hybridized carbons (Fsp3) is 0.245. The van der Waals surface area contributed by atoms with Crippen molar-refractivity contribution < 1.29 is 50.9 Å². The lowest BCUT2D eigenvalue weighted by atomic mass is 10.0. The average molecular weight is 959 g/mol. The van der Waals surface area contributed by atoms with Crippen LogP contribution < -0.4 is 9.47 Å². The van der Waals surface area contributed by atoms with Gasteiger partial charge in [-0.2, -0.15) is 0 Å². The van der Waals surface area contributed by atoms with E-state index in [0.717, 1.165) is 34.5 Å². The summed E-state index contributed by atoms with van der Waals surface area (Å²) in [5, 5.41) is 9.74. The molecule has 0 amide bonds. The Morgan fingerprint density at radius 1 is 0.905 bits per heavy atom. The van der Waals surface area contributed by atoms with E-state index in [2.05, 4.69) is 15.9 Å². The van der Waals surface area contributed by atoms with Gasteiger partial charge in [-0.05, 0) is 87.5 Å². The summed E-state index contributed by atoms with van der Waals surface area (Å²) in [6.45, 7) is 12.6. The van der Waals surface area contributed by atoms with E-state index in [9.17, 15) is 41.4 Å². The number of ether oxygens (including phenoxy) is 2. The van der Waals surface area contributed by atoms with Crippen LogP contribution in [0.4, 0.5) is 22.0 Å². The number of allylic oxidation sites excluding steroid dienone is 7. The normalized spacial score (nSPS) is 12.5. The van der Waals surface area contributed by atoms with Crippen LogP contribution in [0.15, 0.2) is 143 Å². The predicted molar refractivity (Wildman–Crippen MR) is 244 cm³/mol. The molecule has 1 aromatic heterocycles. The fourth-order valence-electron chi connectivity index (χ4n) is 5.69. The van der Waals surface area contributed by atoms with Crippen LogP contribution in [0.25, 0.3) is 16.9 Å². The minimum atomic E-state index is -1.09. The Hall–Kier alpha value is -5.79. The molecular formula is C49H50BrClF5NO6. The third-order valence-electron chi connectivity index (χ3n) is 8.50. The zero-order chi connectivity index (χ0) is 47.2. The number of hydrogen-bond acceptors (Lipinski definition) is 5. The lowest BCUT2D eigenvalue weighted by Gasteiger charge is -2.17.